The number of hydrogen-bond acceptors (Lipinski definition) is 7. The first-order valence-electron chi connectivity index (χ1n) is 9.20. The molecule has 0 aliphatic rings. The summed E-state index contributed by atoms with van der Waals surface area (Å²) in [5.41, 5.74) is -0.488. The van der Waals surface area contributed by atoms with E-state index in [1.165, 1.54) is 17.9 Å². The van der Waals surface area contributed by atoms with E-state index in [-0.39, 0.29) is 18.0 Å². The first kappa shape index (κ1) is 20.4. The van der Waals surface area contributed by atoms with Crippen LogP contribution in [0.4, 0.5) is 5.69 Å². The van der Waals surface area contributed by atoms with Gasteiger partial charge in [-0.1, -0.05) is 12.1 Å². The molecule has 0 fully saturated rings. The number of methoxy groups -OCH3 is 1. The maximum absolute atomic E-state index is 13.1. The van der Waals surface area contributed by atoms with Crippen molar-refractivity contribution in [1.82, 2.24) is 9.13 Å². The van der Waals surface area contributed by atoms with Gasteiger partial charge in [0.15, 0.2) is 0 Å². The first-order valence-corrected chi connectivity index (χ1v) is 10.1. The second kappa shape index (κ2) is 8.44. The Hall–Kier alpha value is -3.92. The van der Waals surface area contributed by atoms with E-state index >= 15 is 0 Å². The van der Waals surface area contributed by atoms with E-state index < -0.39 is 23.1 Å². The SMILES string of the molecule is COC(=O)c1sccc1NC(=O)Cn1c(=O)n(Cc2ccco2)c(=O)c2ccccc21. The van der Waals surface area contributed by atoms with E-state index in [2.05, 4.69) is 5.32 Å². The van der Waals surface area contributed by atoms with Crippen molar-refractivity contribution < 1.29 is 18.7 Å². The Morgan fingerprint density at radius 3 is 2.65 bits per heavy atom. The molecule has 0 aliphatic heterocycles. The summed E-state index contributed by atoms with van der Waals surface area (Å²) >= 11 is 1.13. The lowest BCUT2D eigenvalue weighted by Gasteiger charge is -2.13. The minimum atomic E-state index is -0.645. The Bertz CT molecular complexity index is 1380. The van der Waals surface area contributed by atoms with E-state index in [9.17, 15) is 19.2 Å². The molecule has 1 amide bonds. The molecule has 0 bridgehead atoms. The molecule has 0 atom stereocenters. The van der Waals surface area contributed by atoms with Crippen LogP contribution in [0.25, 0.3) is 10.9 Å². The van der Waals surface area contributed by atoms with Crippen LogP contribution in [0.3, 0.4) is 0 Å². The summed E-state index contributed by atoms with van der Waals surface area (Å²) in [7, 11) is 1.25. The lowest BCUT2D eigenvalue weighted by atomic mass is 10.2. The van der Waals surface area contributed by atoms with Gasteiger partial charge in [0.2, 0.25) is 5.91 Å². The van der Waals surface area contributed by atoms with E-state index in [0.717, 1.165) is 15.9 Å². The van der Waals surface area contributed by atoms with E-state index in [1.54, 1.807) is 47.8 Å². The van der Waals surface area contributed by atoms with Crippen molar-refractivity contribution >= 4 is 39.8 Å². The molecule has 10 heteroatoms. The Balaban J connectivity index is 1.73. The zero-order valence-electron chi connectivity index (χ0n) is 16.4. The van der Waals surface area contributed by atoms with Crippen molar-refractivity contribution in [3.05, 3.63) is 85.6 Å². The number of para-hydroxylation sites is 1. The summed E-state index contributed by atoms with van der Waals surface area (Å²) in [6.45, 7) is -0.414. The average Bonchev–Trinajstić information content (AvgIpc) is 3.45. The van der Waals surface area contributed by atoms with Crippen LogP contribution in [0.15, 0.2) is 68.1 Å². The van der Waals surface area contributed by atoms with Gasteiger partial charge < -0.3 is 14.5 Å². The van der Waals surface area contributed by atoms with Gasteiger partial charge in [0.05, 0.1) is 36.5 Å². The van der Waals surface area contributed by atoms with Crippen LogP contribution in [-0.2, 0) is 22.6 Å². The highest BCUT2D eigenvalue weighted by Crippen LogP contribution is 2.23. The quantitative estimate of drug-likeness (QED) is 0.461. The minimum absolute atomic E-state index is 0.0614. The number of rotatable bonds is 6. The normalized spacial score (nSPS) is 10.9. The molecule has 0 spiro atoms. The van der Waals surface area contributed by atoms with Crippen LogP contribution in [0.5, 0.6) is 0 Å². The smallest absolute Gasteiger partial charge is 0.350 e. The molecule has 0 radical (unpaired) electrons. The number of carbonyl (C=O) groups excluding carboxylic acids is 2. The van der Waals surface area contributed by atoms with Gasteiger partial charge in [0, 0.05) is 0 Å². The Morgan fingerprint density at radius 1 is 1.10 bits per heavy atom. The molecular weight excluding hydrogens is 422 g/mol. The summed E-state index contributed by atoms with van der Waals surface area (Å²) < 4.78 is 12.2. The highest BCUT2D eigenvalue weighted by molar-refractivity contribution is 7.12. The van der Waals surface area contributed by atoms with Crippen molar-refractivity contribution in [3.8, 4) is 0 Å². The largest absolute Gasteiger partial charge is 0.467 e. The molecule has 9 nitrogen and oxygen atoms in total. The molecular formula is C21H17N3O6S. The number of esters is 1. The summed E-state index contributed by atoms with van der Waals surface area (Å²) in [5.74, 6) is -0.662. The zero-order valence-corrected chi connectivity index (χ0v) is 17.2. The van der Waals surface area contributed by atoms with Gasteiger partial charge >= 0.3 is 11.7 Å². The highest BCUT2D eigenvalue weighted by Gasteiger charge is 2.19. The third-order valence-corrected chi connectivity index (χ3v) is 5.53. The predicted octanol–water partition coefficient (Wildman–Crippen LogP) is 2.29. The van der Waals surface area contributed by atoms with Crippen LogP contribution in [-0.4, -0.2) is 28.1 Å². The first-order chi connectivity index (χ1) is 15.0. The van der Waals surface area contributed by atoms with Crippen LogP contribution in [0.2, 0.25) is 0 Å². The van der Waals surface area contributed by atoms with Gasteiger partial charge in [0.25, 0.3) is 5.56 Å². The average molecular weight is 439 g/mol. The van der Waals surface area contributed by atoms with Crippen molar-refractivity contribution in [2.45, 2.75) is 13.1 Å². The number of benzene rings is 1. The van der Waals surface area contributed by atoms with Crippen LogP contribution < -0.4 is 16.6 Å². The van der Waals surface area contributed by atoms with Crippen LogP contribution in [0.1, 0.15) is 15.4 Å². The molecule has 4 aromatic rings. The number of fused-ring (bicyclic) bond motifs is 1. The molecule has 31 heavy (non-hydrogen) atoms. The predicted molar refractivity (Wildman–Crippen MR) is 115 cm³/mol. The maximum Gasteiger partial charge on any atom is 0.350 e. The summed E-state index contributed by atoms with van der Waals surface area (Å²) in [4.78, 5) is 50.8. The van der Waals surface area contributed by atoms with Gasteiger partial charge in [-0.05, 0) is 35.7 Å². The number of anilines is 1. The van der Waals surface area contributed by atoms with Gasteiger partial charge in [-0.15, -0.1) is 11.3 Å². The van der Waals surface area contributed by atoms with E-state index in [1.807, 2.05) is 0 Å². The minimum Gasteiger partial charge on any atom is -0.467 e. The molecule has 0 aliphatic carbocycles. The van der Waals surface area contributed by atoms with Gasteiger partial charge in [-0.25, -0.2) is 9.59 Å². The lowest BCUT2D eigenvalue weighted by molar-refractivity contribution is -0.116. The number of aromatic nitrogens is 2. The topological polar surface area (TPSA) is 113 Å². The van der Waals surface area contributed by atoms with Gasteiger partial charge in [0.1, 0.15) is 17.2 Å². The lowest BCUT2D eigenvalue weighted by Crippen LogP contribution is -2.42. The molecule has 3 heterocycles. The number of hydrogen-bond donors (Lipinski definition) is 1. The van der Waals surface area contributed by atoms with E-state index in [4.69, 9.17) is 9.15 Å². The molecule has 0 saturated carbocycles. The Morgan fingerprint density at radius 2 is 1.90 bits per heavy atom. The molecule has 1 aromatic carbocycles. The number of carbonyl (C=O) groups is 2. The van der Waals surface area contributed by atoms with Crippen LogP contribution >= 0.6 is 11.3 Å². The monoisotopic (exact) mass is 439 g/mol. The van der Waals surface area contributed by atoms with Gasteiger partial charge in [-0.3, -0.25) is 18.7 Å². The van der Waals surface area contributed by atoms with E-state index in [0.29, 0.717) is 22.4 Å². The second-order valence-corrected chi connectivity index (χ2v) is 7.48. The third kappa shape index (κ3) is 3.92. The summed E-state index contributed by atoms with van der Waals surface area (Å²) in [6.07, 6.45) is 1.45. The standard InChI is InChI=1S/C21H17N3O6S/c1-29-20(27)18-15(8-10-31-18)22-17(25)12-23-16-7-3-2-6-14(16)19(26)24(21(23)28)11-13-5-4-9-30-13/h2-10H,11-12H2,1H3,(H,22,25). The molecule has 3 aromatic heterocycles. The number of nitrogens with zero attached hydrogens (tertiary/aromatic N) is 2. The Labute approximate surface area is 179 Å². The van der Waals surface area contributed by atoms with Crippen molar-refractivity contribution in [1.29, 1.82) is 0 Å². The van der Waals surface area contributed by atoms with Gasteiger partial charge in [-0.2, -0.15) is 0 Å². The van der Waals surface area contributed by atoms with Crippen molar-refractivity contribution in [2.24, 2.45) is 0 Å². The fraction of sp³-hybridized carbons (Fsp3) is 0.143. The van der Waals surface area contributed by atoms with Crippen molar-refractivity contribution in [3.63, 3.8) is 0 Å². The fourth-order valence-electron chi connectivity index (χ4n) is 3.21. The fourth-order valence-corrected chi connectivity index (χ4v) is 3.98. The number of ether oxygens (including phenoxy) is 1. The Kier molecular flexibility index (Phi) is 5.54. The molecule has 1 N–H and O–H groups in total. The number of nitrogens with one attached hydrogen (secondary N) is 1. The maximum atomic E-state index is 13.1. The second-order valence-electron chi connectivity index (χ2n) is 6.56. The molecule has 4 rings (SSSR count). The molecule has 158 valence electrons. The molecule has 0 saturated heterocycles. The van der Waals surface area contributed by atoms with Crippen LogP contribution in [0, 0.1) is 0 Å². The zero-order chi connectivity index (χ0) is 22.0. The number of furan rings is 1. The summed E-state index contributed by atoms with van der Waals surface area (Å²) in [5, 5.41) is 4.58. The number of thiophene rings is 1. The summed E-state index contributed by atoms with van der Waals surface area (Å²) in [6, 6.07) is 11.5. The highest BCUT2D eigenvalue weighted by atomic mass is 32.1. The van der Waals surface area contributed by atoms with Crippen molar-refractivity contribution in [2.75, 3.05) is 12.4 Å². The number of amides is 1. The molecule has 0 unspecified atom stereocenters. The third-order valence-electron chi connectivity index (χ3n) is 4.64.